The van der Waals surface area contributed by atoms with E-state index in [0.29, 0.717) is 27.4 Å². The van der Waals surface area contributed by atoms with E-state index in [4.69, 9.17) is 4.98 Å². The molecule has 2 saturated heterocycles. The molecule has 6 nitrogen and oxygen atoms in total. The lowest BCUT2D eigenvalue weighted by Crippen LogP contribution is -2.37. The van der Waals surface area contributed by atoms with Crippen LogP contribution >= 0.6 is 11.3 Å². The molecule has 0 saturated carbocycles. The summed E-state index contributed by atoms with van der Waals surface area (Å²) in [5.41, 5.74) is 2.41. The molecule has 182 valence electrons. The van der Waals surface area contributed by atoms with E-state index in [-0.39, 0.29) is 38.0 Å². The third-order valence-corrected chi connectivity index (χ3v) is 8.04. The summed E-state index contributed by atoms with van der Waals surface area (Å²) in [7, 11) is 0. The number of halogens is 2. The molecule has 4 heterocycles. The maximum absolute atomic E-state index is 13.8. The van der Waals surface area contributed by atoms with Gasteiger partial charge < -0.3 is 9.80 Å². The summed E-state index contributed by atoms with van der Waals surface area (Å²) in [4.78, 5) is 23.5. The number of thiophene rings is 1. The molecule has 9 heteroatoms. The zero-order valence-electron chi connectivity index (χ0n) is 19.5. The van der Waals surface area contributed by atoms with Crippen LogP contribution in [0, 0.1) is 11.3 Å². The van der Waals surface area contributed by atoms with Gasteiger partial charge in [0.1, 0.15) is 4.70 Å². The largest absolute Gasteiger partial charge is 0.370 e. The number of hydrogen-bond acceptors (Lipinski definition) is 6. The molecule has 0 spiro atoms. The summed E-state index contributed by atoms with van der Waals surface area (Å²) in [6, 6.07) is 11.4. The van der Waals surface area contributed by atoms with Gasteiger partial charge in [-0.15, -0.1) is 11.3 Å². The third-order valence-electron chi connectivity index (χ3n) is 6.88. The molecular formula is C26H27F2N5OS. The number of nitriles is 1. The van der Waals surface area contributed by atoms with Crippen molar-refractivity contribution in [3.8, 4) is 6.07 Å². The van der Waals surface area contributed by atoms with Crippen LogP contribution in [0.15, 0.2) is 41.7 Å². The molecule has 5 rings (SSSR count). The second-order valence-electron chi connectivity index (χ2n) is 9.23. The van der Waals surface area contributed by atoms with Crippen molar-refractivity contribution >= 4 is 33.2 Å². The summed E-state index contributed by atoms with van der Waals surface area (Å²) >= 11 is 1.31. The molecule has 0 bridgehead atoms. The number of aromatic nitrogens is 2. The van der Waals surface area contributed by atoms with Gasteiger partial charge >= 0.3 is 0 Å². The molecule has 35 heavy (non-hydrogen) atoms. The van der Waals surface area contributed by atoms with Gasteiger partial charge in [0.05, 0.1) is 28.6 Å². The molecule has 0 atom stereocenters. The topological polar surface area (TPSA) is 65.2 Å². The molecule has 0 amide bonds. The highest BCUT2D eigenvalue weighted by atomic mass is 32.1. The van der Waals surface area contributed by atoms with Gasteiger partial charge in [-0.1, -0.05) is 24.8 Å². The summed E-state index contributed by atoms with van der Waals surface area (Å²) < 4.78 is 29.4. The Labute approximate surface area is 206 Å². The van der Waals surface area contributed by atoms with Gasteiger partial charge in [-0.2, -0.15) is 5.26 Å². The van der Waals surface area contributed by atoms with Crippen LogP contribution in [0.2, 0.25) is 0 Å². The summed E-state index contributed by atoms with van der Waals surface area (Å²) in [5.74, 6) is -2.02. The number of rotatable bonds is 5. The van der Waals surface area contributed by atoms with Crippen LogP contribution in [-0.2, 0) is 6.54 Å². The summed E-state index contributed by atoms with van der Waals surface area (Å²) in [6.45, 7) is 6.53. The molecule has 1 aromatic carbocycles. The Bertz CT molecular complexity index is 1360. The number of alkyl halides is 2. The van der Waals surface area contributed by atoms with E-state index in [9.17, 15) is 18.8 Å². The van der Waals surface area contributed by atoms with Crippen molar-refractivity contribution < 1.29 is 8.78 Å². The van der Waals surface area contributed by atoms with Crippen molar-refractivity contribution in [3.63, 3.8) is 0 Å². The minimum absolute atomic E-state index is 0.155. The van der Waals surface area contributed by atoms with E-state index in [1.165, 1.54) is 11.3 Å². The van der Waals surface area contributed by atoms with E-state index in [1.54, 1.807) is 10.6 Å². The first kappa shape index (κ1) is 23.5. The van der Waals surface area contributed by atoms with Crippen molar-refractivity contribution in [3.05, 3.63) is 63.3 Å². The van der Waals surface area contributed by atoms with Crippen LogP contribution in [-0.4, -0.2) is 46.6 Å². The van der Waals surface area contributed by atoms with Crippen LogP contribution in [0.25, 0.3) is 15.9 Å². The molecule has 0 unspecified atom stereocenters. The molecule has 2 aliphatic rings. The van der Waals surface area contributed by atoms with Gasteiger partial charge in [0, 0.05) is 44.7 Å². The van der Waals surface area contributed by atoms with E-state index in [2.05, 4.69) is 17.5 Å². The SMILES string of the molecule is C=C(c1cc2nc(N3CCCCC3)n(Cc3ccccc3C#N)c(=O)c2s1)N1CCC(F)(F)CC1. The Morgan fingerprint density at radius 1 is 1.14 bits per heavy atom. The molecule has 2 aromatic heterocycles. The van der Waals surface area contributed by atoms with E-state index >= 15 is 0 Å². The van der Waals surface area contributed by atoms with E-state index in [1.807, 2.05) is 29.2 Å². The van der Waals surface area contributed by atoms with E-state index in [0.717, 1.165) is 42.8 Å². The number of nitrogens with zero attached hydrogens (tertiary/aromatic N) is 5. The van der Waals surface area contributed by atoms with Gasteiger partial charge in [0.15, 0.2) is 0 Å². The lowest BCUT2D eigenvalue weighted by Gasteiger charge is -2.34. The first-order valence-corrected chi connectivity index (χ1v) is 12.8. The standard InChI is InChI=1S/C26H27F2N5OS/c1-18(31-13-9-26(27,28)10-14-31)22-15-21-23(35-22)24(34)33(17-20-8-4-3-7-19(20)16-29)25(30-21)32-11-5-2-6-12-32/h3-4,7-8,15H,1-2,5-6,9-14,17H2. The highest BCUT2D eigenvalue weighted by Crippen LogP contribution is 2.35. The molecule has 0 aliphatic carbocycles. The van der Waals surface area contributed by atoms with Gasteiger partial charge in [-0.25, -0.2) is 13.8 Å². The van der Waals surface area contributed by atoms with Crippen molar-refractivity contribution in [2.24, 2.45) is 0 Å². The number of hydrogen-bond donors (Lipinski definition) is 0. The first-order chi connectivity index (χ1) is 16.9. The van der Waals surface area contributed by atoms with Crippen LogP contribution in [0.1, 0.15) is 48.1 Å². The molecule has 0 radical (unpaired) electrons. The zero-order chi connectivity index (χ0) is 24.6. The Morgan fingerprint density at radius 2 is 1.86 bits per heavy atom. The van der Waals surface area contributed by atoms with Crippen LogP contribution in [0.3, 0.4) is 0 Å². The summed E-state index contributed by atoms with van der Waals surface area (Å²) in [6.07, 6.45) is 2.83. The number of anilines is 1. The lowest BCUT2D eigenvalue weighted by molar-refractivity contribution is -0.0449. The molecule has 2 fully saturated rings. The van der Waals surface area contributed by atoms with E-state index < -0.39 is 5.92 Å². The van der Waals surface area contributed by atoms with Crippen molar-refractivity contribution in [2.45, 2.75) is 44.6 Å². The highest BCUT2D eigenvalue weighted by Gasteiger charge is 2.34. The number of piperidine rings is 2. The van der Waals surface area contributed by atoms with Gasteiger partial charge in [0.2, 0.25) is 5.95 Å². The fourth-order valence-electron chi connectivity index (χ4n) is 4.82. The predicted molar refractivity (Wildman–Crippen MR) is 135 cm³/mol. The third kappa shape index (κ3) is 4.67. The molecule has 2 aliphatic heterocycles. The minimum atomic E-state index is -2.63. The van der Waals surface area contributed by atoms with Crippen LogP contribution in [0.4, 0.5) is 14.7 Å². The van der Waals surface area contributed by atoms with Crippen LogP contribution < -0.4 is 10.5 Å². The molecular weight excluding hydrogens is 468 g/mol. The molecule has 0 N–H and O–H groups in total. The normalized spacial score (nSPS) is 18.0. The summed E-state index contributed by atoms with van der Waals surface area (Å²) in [5, 5.41) is 9.55. The monoisotopic (exact) mass is 495 g/mol. The van der Waals surface area contributed by atoms with Crippen molar-refractivity contribution in [1.82, 2.24) is 14.5 Å². The van der Waals surface area contributed by atoms with Gasteiger partial charge in [-0.05, 0) is 37.0 Å². The average Bonchev–Trinajstić information content (AvgIpc) is 3.31. The maximum atomic E-state index is 13.8. The number of likely N-dealkylation sites (tertiary alicyclic amines) is 1. The first-order valence-electron chi connectivity index (χ1n) is 12.0. The second-order valence-corrected chi connectivity index (χ2v) is 10.3. The Balaban J connectivity index is 1.56. The lowest BCUT2D eigenvalue weighted by atomic mass is 10.1. The van der Waals surface area contributed by atoms with Gasteiger partial charge in [0.25, 0.3) is 11.5 Å². The smallest absolute Gasteiger partial charge is 0.273 e. The van der Waals surface area contributed by atoms with Crippen molar-refractivity contribution in [2.75, 3.05) is 31.1 Å². The number of fused-ring (bicyclic) bond motifs is 1. The highest BCUT2D eigenvalue weighted by molar-refractivity contribution is 7.19. The fourth-order valence-corrected chi connectivity index (χ4v) is 5.86. The predicted octanol–water partition coefficient (Wildman–Crippen LogP) is 5.07. The Kier molecular flexibility index (Phi) is 6.32. The molecule has 3 aromatic rings. The quantitative estimate of drug-likeness (QED) is 0.495. The number of benzene rings is 1. The maximum Gasteiger partial charge on any atom is 0.273 e. The Hall–Kier alpha value is -3.25. The average molecular weight is 496 g/mol. The Morgan fingerprint density at radius 3 is 2.57 bits per heavy atom. The van der Waals surface area contributed by atoms with Gasteiger partial charge in [-0.3, -0.25) is 9.36 Å². The second kappa shape index (κ2) is 9.42. The minimum Gasteiger partial charge on any atom is -0.370 e. The zero-order valence-corrected chi connectivity index (χ0v) is 20.3. The van der Waals surface area contributed by atoms with Crippen LogP contribution in [0.5, 0.6) is 0 Å². The van der Waals surface area contributed by atoms with Crippen molar-refractivity contribution in [1.29, 1.82) is 5.26 Å². The fraction of sp³-hybridized carbons (Fsp3) is 0.423.